The third-order valence-corrected chi connectivity index (χ3v) is 13.1. The van der Waals surface area contributed by atoms with Crippen LogP contribution in [-0.4, -0.2) is 52.5 Å². The molecule has 44 heavy (non-hydrogen) atoms. The zero-order valence-electron chi connectivity index (χ0n) is 27.6. The van der Waals surface area contributed by atoms with Gasteiger partial charge in [-0.15, -0.1) is 0 Å². The quantitative estimate of drug-likeness (QED) is 0.306. The molecule has 10 unspecified atom stereocenters. The lowest BCUT2D eigenvalue weighted by Crippen LogP contribution is -2.64. The molecular formula is C38H52O6. The Morgan fingerprint density at radius 1 is 1.07 bits per heavy atom. The molecule has 0 radical (unpaired) electrons. The molecular weight excluding hydrogens is 552 g/mol. The van der Waals surface area contributed by atoms with Crippen molar-refractivity contribution in [1.82, 2.24) is 0 Å². The van der Waals surface area contributed by atoms with Crippen LogP contribution in [0.3, 0.4) is 0 Å². The molecule has 0 bridgehead atoms. The van der Waals surface area contributed by atoms with Crippen LogP contribution in [0.1, 0.15) is 86.1 Å². The summed E-state index contributed by atoms with van der Waals surface area (Å²) in [5.41, 5.74) is -0.0720. The Kier molecular flexibility index (Phi) is 7.66. The van der Waals surface area contributed by atoms with E-state index >= 15 is 0 Å². The van der Waals surface area contributed by atoms with Gasteiger partial charge in [-0.2, -0.15) is 0 Å². The molecule has 10 atom stereocenters. The van der Waals surface area contributed by atoms with Gasteiger partial charge in [-0.3, -0.25) is 9.59 Å². The van der Waals surface area contributed by atoms with Crippen LogP contribution < -0.4 is 0 Å². The number of esters is 1. The van der Waals surface area contributed by atoms with E-state index in [1.807, 2.05) is 36.4 Å². The highest BCUT2D eigenvalue weighted by Crippen LogP contribution is 2.72. The SMILES string of the molecule is CC(C)(O)C1OCC(C2CC=C3C2(C)CCC2C4(C)C=CC(=O)C(C)(C)C4CC(OC(=O)Cc4ccccc4)C32C)CC1O. The number of hydrogen-bond donors (Lipinski definition) is 2. The number of rotatable bonds is 5. The summed E-state index contributed by atoms with van der Waals surface area (Å²) < 4.78 is 12.7. The largest absolute Gasteiger partial charge is 0.461 e. The molecule has 0 spiro atoms. The first-order valence-corrected chi connectivity index (χ1v) is 16.7. The average molecular weight is 605 g/mol. The molecule has 0 amide bonds. The third kappa shape index (κ3) is 4.77. The summed E-state index contributed by atoms with van der Waals surface area (Å²) in [6.07, 6.45) is 9.10. The predicted octanol–water partition coefficient (Wildman–Crippen LogP) is 6.24. The number of hydrogen-bond acceptors (Lipinski definition) is 6. The number of carbonyl (C=O) groups is 2. The van der Waals surface area contributed by atoms with E-state index < -0.39 is 28.6 Å². The van der Waals surface area contributed by atoms with Gasteiger partial charge in [0, 0.05) is 10.8 Å². The first-order chi connectivity index (χ1) is 20.5. The number of aliphatic hydroxyl groups excluding tert-OH is 1. The van der Waals surface area contributed by atoms with Crippen molar-refractivity contribution in [3.8, 4) is 0 Å². The molecule has 0 aromatic heterocycles. The highest BCUT2D eigenvalue weighted by atomic mass is 16.5. The van der Waals surface area contributed by atoms with E-state index in [1.54, 1.807) is 13.8 Å². The lowest BCUT2D eigenvalue weighted by Gasteiger charge is -2.66. The van der Waals surface area contributed by atoms with Gasteiger partial charge in [-0.25, -0.2) is 0 Å². The van der Waals surface area contributed by atoms with Crippen LogP contribution in [0.25, 0.3) is 0 Å². The highest BCUT2D eigenvalue weighted by Gasteiger charge is 2.69. The van der Waals surface area contributed by atoms with E-state index in [1.165, 1.54) is 5.57 Å². The van der Waals surface area contributed by atoms with Crippen LogP contribution in [0, 0.1) is 45.3 Å². The summed E-state index contributed by atoms with van der Waals surface area (Å²) in [4.78, 5) is 26.8. The number of ether oxygens (including phenoxy) is 2. The number of ketones is 1. The fraction of sp³-hybridized carbons (Fsp3) is 0.684. The summed E-state index contributed by atoms with van der Waals surface area (Å²) in [5, 5.41) is 21.6. The summed E-state index contributed by atoms with van der Waals surface area (Å²) in [6, 6.07) is 9.76. The normalized spacial score (nSPS) is 43.0. The topological polar surface area (TPSA) is 93.1 Å². The van der Waals surface area contributed by atoms with E-state index in [9.17, 15) is 19.8 Å². The second-order valence-electron chi connectivity index (χ2n) is 16.4. The molecule has 2 N–H and O–H groups in total. The molecule has 6 nitrogen and oxygen atoms in total. The number of allylic oxidation sites excluding steroid dienone is 3. The van der Waals surface area contributed by atoms with Gasteiger partial charge in [-0.1, -0.05) is 82.7 Å². The van der Waals surface area contributed by atoms with Gasteiger partial charge in [-0.05, 0) is 92.1 Å². The molecule has 6 rings (SSSR count). The van der Waals surface area contributed by atoms with E-state index in [0.29, 0.717) is 25.4 Å². The summed E-state index contributed by atoms with van der Waals surface area (Å²) in [7, 11) is 0. The van der Waals surface area contributed by atoms with Crippen LogP contribution in [0.15, 0.2) is 54.1 Å². The number of aliphatic hydroxyl groups is 2. The van der Waals surface area contributed by atoms with Crippen LogP contribution in [-0.2, 0) is 25.5 Å². The van der Waals surface area contributed by atoms with Crippen LogP contribution in [0.5, 0.6) is 0 Å². The smallest absolute Gasteiger partial charge is 0.310 e. The number of fused-ring (bicyclic) bond motifs is 5. The van der Waals surface area contributed by atoms with Gasteiger partial charge in [0.05, 0.1) is 24.7 Å². The van der Waals surface area contributed by atoms with Gasteiger partial charge < -0.3 is 19.7 Å². The van der Waals surface area contributed by atoms with Crippen molar-refractivity contribution in [1.29, 1.82) is 0 Å². The van der Waals surface area contributed by atoms with Crippen molar-refractivity contribution in [2.75, 3.05) is 6.61 Å². The fourth-order valence-electron chi connectivity index (χ4n) is 10.9. The molecule has 1 saturated heterocycles. The highest BCUT2D eigenvalue weighted by molar-refractivity contribution is 5.95. The number of carbonyl (C=O) groups excluding carboxylic acids is 2. The Morgan fingerprint density at radius 3 is 2.43 bits per heavy atom. The third-order valence-electron chi connectivity index (χ3n) is 13.1. The van der Waals surface area contributed by atoms with Gasteiger partial charge >= 0.3 is 5.97 Å². The van der Waals surface area contributed by atoms with Crippen molar-refractivity contribution in [2.24, 2.45) is 45.3 Å². The van der Waals surface area contributed by atoms with Crippen molar-refractivity contribution >= 4 is 11.8 Å². The molecule has 1 aliphatic heterocycles. The molecule has 1 aromatic rings. The van der Waals surface area contributed by atoms with Gasteiger partial charge in [0.1, 0.15) is 12.2 Å². The Balaban J connectivity index is 1.35. The first kappa shape index (κ1) is 31.7. The maximum Gasteiger partial charge on any atom is 0.310 e. The maximum absolute atomic E-state index is 13.6. The lowest BCUT2D eigenvalue weighted by atomic mass is 9.38. The van der Waals surface area contributed by atoms with Crippen LogP contribution in [0.2, 0.25) is 0 Å². The predicted molar refractivity (Wildman–Crippen MR) is 169 cm³/mol. The Morgan fingerprint density at radius 2 is 1.77 bits per heavy atom. The summed E-state index contributed by atoms with van der Waals surface area (Å²) in [5.74, 6) is 0.655. The standard InChI is InChI=1S/C38H52O6/c1-34(2)29-21-31(44-32(41)19-23-11-9-8-10-12-23)38(7)27-14-13-25(24-20-26(39)33(43-22-24)35(3,4)42)36(27,5)17-15-28(38)37(29,6)18-16-30(34)40/h8-12,14,16,18,24-26,28-29,31,33,39,42H,13,15,17,19-22H2,1-7H3. The van der Waals surface area contributed by atoms with Crippen molar-refractivity contribution in [3.05, 3.63) is 59.7 Å². The minimum atomic E-state index is -1.10. The van der Waals surface area contributed by atoms with Gasteiger partial charge in [0.2, 0.25) is 0 Å². The zero-order valence-corrected chi connectivity index (χ0v) is 27.6. The molecule has 3 fully saturated rings. The molecule has 1 heterocycles. The molecule has 2 saturated carbocycles. The molecule has 1 aromatic carbocycles. The average Bonchev–Trinajstić information content (AvgIpc) is 3.30. The van der Waals surface area contributed by atoms with Crippen molar-refractivity contribution in [3.63, 3.8) is 0 Å². The summed E-state index contributed by atoms with van der Waals surface area (Å²) >= 11 is 0. The Labute approximate surface area is 263 Å². The monoisotopic (exact) mass is 604 g/mol. The molecule has 5 aliphatic rings. The zero-order chi connectivity index (χ0) is 31.9. The lowest BCUT2D eigenvalue weighted by molar-refractivity contribution is -0.196. The fourth-order valence-corrected chi connectivity index (χ4v) is 10.9. The van der Waals surface area contributed by atoms with Crippen LogP contribution in [0.4, 0.5) is 0 Å². The molecule has 4 aliphatic carbocycles. The Hall–Kier alpha value is -2.28. The van der Waals surface area contributed by atoms with Crippen molar-refractivity contribution in [2.45, 2.75) is 111 Å². The van der Waals surface area contributed by atoms with E-state index in [4.69, 9.17) is 9.47 Å². The molecule has 240 valence electrons. The second-order valence-corrected chi connectivity index (χ2v) is 16.4. The second kappa shape index (κ2) is 10.6. The summed E-state index contributed by atoms with van der Waals surface area (Å²) in [6.45, 7) is 15.1. The van der Waals surface area contributed by atoms with E-state index in [-0.39, 0.29) is 52.9 Å². The van der Waals surface area contributed by atoms with E-state index in [2.05, 4.69) is 46.8 Å². The number of benzene rings is 1. The van der Waals surface area contributed by atoms with Crippen LogP contribution >= 0.6 is 0 Å². The minimum absolute atomic E-state index is 0.0583. The van der Waals surface area contributed by atoms with Gasteiger partial charge in [0.15, 0.2) is 5.78 Å². The molecule has 6 heteroatoms. The first-order valence-electron chi connectivity index (χ1n) is 16.7. The minimum Gasteiger partial charge on any atom is -0.461 e. The van der Waals surface area contributed by atoms with E-state index in [0.717, 1.165) is 24.8 Å². The Bertz CT molecular complexity index is 1350. The maximum atomic E-state index is 13.6. The van der Waals surface area contributed by atoms with Crippen molar-refractivity contribution < 1.29 is 29.3 Å². The van der Waals surface area contributed by atoms with Gasteiger partial charge in [0.25, 0.3) is 0 Å².